The number of hydrogen-bond acceptors (Lipinski definition) is 4. The van der Waals surface area contributed by atoms with Crippen LogP contribution in [-0.4, -0.2) is 8.42 Å². The molecule has 0 aliphatic heterocycles. The van der Waals surface area contributed by atoms with Crippen LogP contribution in [0, 0.1) is 11.3 Å². The summed E-state index contributed by atoms with van der Waals surface area (Å²) in [6, 6.07) is 13.3. The molecular formula is C14H12BrN3O2S. The van der Waals surface area contributed by atoms with Gasteiger partial charge in [0.25, 0.3) is 0 Å². The van der Waals surface area contributed by atoms with Crippen molar-refractivity contribution in [1.82, 2.24) is 0 Å². The van der Waals surface area contributed by atoms with Crippen molar-refractivity contribution in [3.63, 3.8) is 0 Å². The molecule has 108 valence electrons. The number of halogens is 1. The van der Waals surface area contributed by atoms with Crippen molar-refractivity contribution in [1.29, 1.82) is 5.26 Å². The molecule has 0 aliphatic rings. The lowest BCUT2D eigenvalue weighted by atomic mass is 10.2. The molecule has 0 saturated carbocycles. The molecule has 2 rings (SSSR count). The zero-order valence-electron chi connectivity index (χ0n) is 10.9. The largest absolute Gasteiger partial charge is 0.399 e. The Labute approximate surface area is 131 Å². The average Bonchev–Trinajstić information content (AvgIpc) is 2.41. The van der Waals surface area contributed by atoms with Crippen LogP contribution in [0.25, 0.3) is 0 Å². The van der Waals surface area contributed by atoms with Gasteiger partial charge in [0.2, 0.25) is 10.0 Å². The molecule has 0 fully saturated rings. The molecule has 0 amide bonds. The molecule has 2 aromatic carbocycles. The second-order valence-corrected chi connectivity index (χ2v) is 7.04. The summed E-state index contributed by atoms with van der Waals surface area (Å²) in [4.78, 5) is 0. The van der Waals surface area contributed by atoms with E-state index in [1.165, 1.54) is 0 Å². The Morgan fingerprint density at radius 3 is 2.48 bits per heavy atom. The van der Waals surface area contributed by atoms with Crippen LogP contribution in [0.4, 0.5) is 11.4 Å². The molecule has 0 aromatic heterocycles. The van der Waals surface area contributed by atoms with Crippen molar-refractivity contribution >= 4 is 37.3 Å². The zero-order chi connectivity index (χ0) is 15.5. The number of anilines is 2. The third kappa shape index (κ3) is 4.21. The standard InChI is InChI=1S/C14H12BrN3O2S/c15-12-4-3-11(8-16)14(7-12)18-21(19,20)9-10-1-5-13(17)6-2-10/h1-7,18H,9,17H2. The number of nitrogen functional groups attached to an aromatic ring is 1. The Balaban J connectivity index is 2.24. The number of benzene rings is 2. The van der Waals surface area contributed by atoms with E-state index in [1.807, 2.05) is 6.07 Å². The summed E-state index contributed by atoms with van der Waals surface area (Å²) < 4.78 is 27.5. The lowest BCUT2D eigenvalue weighted by molar-refractivity contribution is 0.600. The Morgan fingerprint density at radius 2 is 1.86 bits per heavy atom. The maximum absolute atomic E-state index is 12.2. The highest BCUT2D eigenvalue weighted by atomic mass is 79.9. The second kappa shape index (κ2) is 6.16. The topological polar surface area (TPSA) is 96.0 Å². The van der Waals surface area contributed by atoms with Gasteiger partial charge < -0.3 is 5.73 Å². The quantitative estimate of drug-likeness (QED) is 0.814. The summed E-state index contributed by atoms with van der Waals surface area (Å²) in [7, 11) is -3.61. The summed E-state index contributed by atoms with van der Waals surface area (Å²) in [5, 5.41) is 9.01. The molecule has 7 heteroatoms. The number of nitrogens with one attached hydrogen (secondary N) is 1. The zero-order valence-corrected chi connectivity index (χ0v) is 13.3. The maximum Gasteiger partial charge on any atom is 0.236 e. The molecule has 0 atom stereocenters. The number of rotatable bonds is 4. The fourth-order valence-corrected chi connectivity index (χ4v) is 3.30. The Kier molecular flexibility index (Phi) is 4.50. The molecule has 0 radical (unpaired) electrons. The van der Waals surface area contributed by atoms with Gasteiger partial charge in [0, 0.05) is 10.2 Å². The first-order valence-electron chi connectivity index (χ1n) is 5.94. The Hall–Kier alpha value is -2.04. The fourth-order valence-electron chi connectivity index (χ4n) is 1.74. The van der Waals surface area contributed by atoms with Gasteiger partial charge in [-0.05, 0) is 35.9 Å². The summed E-state index contributed by atoms with van der Waals surface area (Å²) in [6.07, 6.45) is 0. The van der Waals surface area contributed by atoms with Crippen LogP contribution < -0.4 is 10.5 Å². The van der Waals surface area contributed by atoms with Crippen LogP contribution >= 0.6 is 15.9 Å². The minimum absolute atomic E-state index is 0.190. The van der Waals surface area contributed by atoms with Gasteiger partial charge in [-0.2, -0.15) is 5.26 Å². The molecule has 0 bridgehead atoms. The van der Waals surface area contributed by atoms with E-state index in [2.05, 4.69) is 20.7 Å². The van der Waals surface area contributed by atoms with Gasteiger partial charge in [0.05, 0.1) is 17.0 Å². The van der Waals surface area contributed by atoms with Crippen molar-refractivity contribution in [2.24, 2.45) is 0 Å². The van der Waals surface area contributed by atoms with Gasteiger partial charge >= 0.3 is 0 Å². The molecule has 3 N–H and O–H groups in total. The number of nitrogens with two attached hydrogens (primary N) is 1. The van der Waals surface area contributed by atoms with E-state index in [9.17, 15) is 8.42 Å². The van der Waals surface area contributed by atoms with Crippen molar-refractivity contribution in [3.8, 4) is 6.07 Å². The molecular weight excluding hydrogens is 354 g/mol. The van der Waals surface area contributed by atoms with E-state index in [4.69, 9.17) is 11.0 Å². The normalized spacial score (nSPS) is 10.9. The number of nitrogens with zero attached hydrogens (tertiary/aromatic N) is 1. The fraction of sp³-hybridized carbons (Fsp3) is 0.0714. The van der Waals surface area contributed by atoms with Crippen LogP contribution in [0.3, 0.4) is 0 Å². The lowest BCUT2D eigenvalue weighted by Gasteiger charge is -2.10. The van der Waals surface area contributed by atoms with Gasteiger partial charge in [0.15, 0.2) is 0 Å². The monoisotopic (exact) mass is 365 g/mol. The van der Waals surface area contributed by atoms with Crippen molar-refractivity contribution in [2.45, 2.75) is 5.75 Å². The van der Waals surface area contributed by atoms with E-state index < -0.39 is 10.0 Å². The molecule has 0 unspecified atom stereocenters. The van der Waals surface area contributed by atoms with Crippen LogP contribution in [0.15, 0.2) is 46.9 Å². The number of hydrogen-bond donors (Lipinski definition) is 2. The third-order valence-corrected chi connectivity index (χ3v) is 4.44. The van der Waals surface area contributed by atoms with Gasteiger partial charge in [-0.25, -0.2) is 8.42 Å². The summed E-state index contributed by atoms with van der Waals surface area (Å²) in [5.41, 5.74) is 7.27. The second-order valence-electron chi connectivity index (χ2n) is 4.40. The first-order chi connectivity index (χ1) is 9.89. The van der Waals surface area contributed by atoms with Crippen molar-refractivity contribution < 1.29 is 8.42 Å². The minimum atomic E-state index is -3.61. The highest BCUT2D eigenvalue weighted by Crippen LogP contribution is 2.22. The molecule has 0 aliphatic carbocycles. The van der Waals surface area contributed by atoms with Crippen LogP contribution in [0.5, 0.6) is 0 Å². The predicted octanol–water partition coefficient (Wildman–Crippen LogP) is 2.84. The van der Waals surface area contributed by atoms with Crippen LogP contribution in [0.2, 0.25) is 0 Å². The highest BCUT2D eigenvalue weighted by molar-refractivity contribution is 9.10. The summed E-state index contributed by atoms with van der Waals surface area (Å²) >= 11 is 3.25. The Bertz CT molecular complexity index is 796. The van der Waals surface area contributed by atoms with Crippen LogP contribution in [0.1, 0.15) is 11.1 Å². The SMILES string of the molecule is N#Cc1ccc(Br)cc1NS(=O)(=O)Cc1ccc(N)cc1. The van der Waals surface area contributed by atoms with Crippen molar-refractivity contribution in [2.75, 3.05) is 10.5 Å². The van der Waals surface area contributed by atoms with Gasteiger partial charge in [-0.1, -0.05) is 28.1 Å². The molecule has 0 saturated heterocycles. The van der Waals surface area contributed by atoms with Gasteiger partial charge in [-0.15, -0.1) is 0 Å². The molecule has 5 nitrogen and oxygen atoms in total. The summed E-state index contributed by atoms with van der Waals surface area (Å²) in [6.45, 7) is 0. The number of sulfonamides is 1. The molecule has 0 spiro atoms. The van der Waals surface area contributed by atoms with Gasteiger partial charge in [-0.3, -0.25) is 4.72 Å². The van der Waals surface area contributed by atoms with Gasteiger partial charge in [0.1, 0.15) is 6.07 Å². The number of nitriles is 1. The highest BCUT2D eigenvalue weighted by Gasteiger charge is 2.14. The Morgan fingerprint density at radius 1 is 1.19 bits per heavy atom. The predicted molar refractivity (Wildman–Crippen MR) is 86.0 cm³/mol. The lowest BCUT2D eigenvalue weighted by Crippen LogP contribution is -2.16. The van der Waals surface area contributed by atoms with E-state index in [1.54, 1.807) is 42.5 Å². The minimum Gasteiger partial charge on any atom is -0.399 e. The van der Waals surface area contributed by atoms with Crippen LogP contribution in [-0.2, 0) is 15.8 Å². The third-order valence-electron chi connectivity index (χ3n) is 2.70. The molecule has 0 heterocycles. The average molecular weight is 366 g/mol. The van der Waals surface area contributed by atoms with E-state index in [0.29, 0.717) is 15.7 Å². The molecule has 2 aromatic rings. The maximum atomic E-state index is 12.2. The first kappa shape index (κ1) is 15.4. The van der Waals surface area contributed by atoms with E-state index in [-0.39, 0.29) is 17.0 Å². The van der Waals surface area contributed by atoms with Crippen molar-refractivity contribution in [3.05, 3.63) is 58.1 Å². The van der Waals surface area contributed by atoms with E-state index in [0.717, 1.165) is 0 Å². The smallest absolute Gasteiger partial charge is 0.236 e. The first-order valence-corrected chi connectivity index (χ1v) is 8.39. The van der Waals surface area contributed by atoms with E-state index >= 15 is 0 Å². The molecule has 21 heavy (non-hydrogen) atoms. The summed E-state index contributed by atoms with van der Waals surface area (Å²) in [5.74, 6) is -0.190.